The maximum atomic E-state index is 9.46. The summed E-state index contributed by atoms with van der Waals surface area (Å²) in [4.78, 5) is 9.46. The third-order valence-corrected chi connectivity index (χ3v) is 1.14. The Morgan fingerprint density at radius 1 is 1.36 bits per heavy atom. The Balaban J connectivity index is 0. The third kappa shape index (κ3) is 26.2. The van der Waals surface area contributed by atoms with Crippen LogP contribution in [0.4, 0.5) is 0 Å². The topological polar surface area (TPSA) is 37.3 Å². The number of hydrogen-bond acceptors (Lipinski definition) is 2. The summed E-state index contributed by atoms with van der Waals surface area (Å²) in [7, 11) is 0. The minimum absolute atomic E-state index is 0.250. The number of carbonyl (C=O) groups excluding carboxylic acids is 1. The van der Waals surface area contributed by atoms with Gasteiger partial charge in [0.1, 0.15) is 6.29 Å². The quantitative estimate of drug-likeness (QED) is 0.640. The molecule has 0 aliphatic heterocycles. The number of carbonyl (C=O) groups is 1. The molecule has 1 N–H and O–H groups in total. The summed E-state index contributed by atoms with van der Waals surface area (Å²) in [6, 6.07) is 0. The van der Waals surface area contributed by atoms with Crippen LogP contribution in [0.1, 0.15) is 46.5 Å². The zero-order valence-corrected chi connectivity index (χ0v) is 7.84. The highest BCUT2D eigenvalue weighted by Gasteiger charge is 1.87. The van der Waals surface area contributed by atoms with E-state index in [1.807, 2.05) is 0 Å². The summed E-state index contributed by atoms with van der Waals surface area (Å²) >= 11 is 0. The van der Waals surface area contributed by atoms with E-state index in [1.165, 1.54) is 19.3 Å². The van der Waals surface area contributed by atoms with Crippen molar-refractivity contribution in [3.63, 3.8) is 0 Å². The van der Waals surface area contributed by atoms with Crippen molar-refractivity contribution in [3.05, 3.63) is 0 Å². The van der Waals surface area contributed by atoms with Gasteiger partial charge in [-0.1, -0.05) is 33.1 Å². The average molecular weight is 160 g/mol. The highest BCUT2D eigenvalue weighted by molar-refractivity contribution is 5.49. The summed E-state index contributed by atoms with van der Waals surface area (Å²) in [6.45, 7) is 6.00. The van der Waals surface area contributed by atoms with Crippen LogP contribution in [-0.4, -0.2) is 17.5 Å². The molecule has 2 nitrogen and oxygen atoms in total. The van der Waals surface area contributed by atoms with Crippen molar-refractivity contribution >= 4 is 6.29 Å². The van der Waals surface area contributed by atoms with Crippen LogP contribution in [0.5, 0.6) is 0 Å². The second-order valence-electron chi connectivity index (χ2n) is 2.60. The van der Waals surface area contributed by atoms with E-state index in [1.54, 1.807) is 6.92 Å². The summed E-state index contributed by atoms with van der Waals surface area (Å²) in [5.74, 6) is 0. The molecule has 2 heteroatoms. The third-order valence-electron chi connectivity index (χ3n) is 1.14. The molecule has 1 atom stereocenters. The van der Waals surface area contributed by atoms with Crippen LogP contribution in [-0.2, 0) is 4.79 Å². The first-order chi connectivity index (χ1) is 5.18. The van der Waals surface area contributed by atoms with Gasteiger partial charge in [0, 0.05) is 6.42 Å². The van der Waals surface area contributed by atoms with E-state index in [4.69, 9.17) is 5.11 Å². The molecule has 0 saturated heterocycles. The highest BCUT2D eigenvalue weighted by Crippen LogP contribution is 1.88. The highest BCUT2D eigenvalue weighted by atomic mass is 16.3. The number of unbranched alkanes of at least 4 members (excludes halogenated alkanes) is 2. The van der Waals surface area contributed by atoms with Crippen molar-refractivity contribution < 1.29 is 9.90 Å². The molecule has 0 bridgehead atoms. The Hall–Kier alpha value is -0.370. The zero-order chi connectivity index (χ0) is 9.11. The fourth-order valence-corrected chi connectivity index (χ4v) is 0.493. The Bertz CT molecular complexity index is 68.0. The van der Waals surface area contributed by atoms with Crippen molar-refractivity contribution in [1.82, 2.24) is 0 Å². The van der Waals surface area contributed by atoms with Crippen molar-refractivity contribution in [2.45, 2.75) is 52.6 Å². The molecule has 0 saturated carbocycles. The minimum Gasteiger partial charge on any atom is -0.393 e. The molecule has 68 valence electrons. The van der Waals surface area contributed by atoms with E-state index in [2.05, 4.69) is 13.8 Å². The molecule has 0 amide bonds. The predicted octanol–water partition coefficient (Wildman–Crippen LogP) is 2.15. The minimum atomic E-state index is -0.470. The van der Waals surface area contributed by atoms with E-state index in [0.717, 1.165) is 0 Å². The molecule has 0 fully saturated rings. The van der Waals surface area contributed by atoms with Crippen molar-refractivity contribution in [2.75, 3.05) is 0 Å². The SMILES string of the molecule is CC(O)CC=O.CCCCC. The average Bonchev–Trinajstić information content (AvgIpc) is 1.90. The van der Waals surface area contributed by atoms with Crippen LogP contribution in [0.2, 0.25) is 0 Å². The molecule has 0 rings (SSSR count). The first-order valence-electron chi connectivity index (χ1n) is 4.30. The Morgan fingerprint density at radius 3 is 1.82 bits per heavy atom. The summed E-state index contributed by atoms with van der Waals surface area (Å²) in [5, 5.41) is 8.32. The molecule has 0 aliphatic carbocycles. The maximum Gasteiger partial charge on any atom is 0.122 e. The molecular formula is C9H20O2. The largest absolute Gasteiger partial charge is 0.393 e. The van der Waals surface area contributed by atoms with Gasteiger partial charge in [-0.2, -0.15) is 0 Å². The molecule has 0 aromatic carbocycles. The molecule has 0 radical (unpaired) electrons. The lowest BCUT2D eigenvalue weighted by Gasteiger charge is -1.89. The van der Waals surface area contributed by atoms with Gasteiger partial charge in [-0.25, -0.2) is 0 Å². The van der Waals surface area contributed by atoms with Crippen LogP contribution in [0.15, 0.2) is 0 Å². The van der Waals surface area contributed by atoms with Gasteiger partial charge in [0.25, 0.3) is 0 Å². The number of rotatable bonds is 4. The van der Waals surface area contributed by atoms with Crippen LogP contribution >= 0.6 is 0 Å². The Morgan fingerprint density at radius 2 is 1.82 bits per heavy atom. The van der Waals surface area contributed by atoms with Gasteiger partial charge in [-0.05, 0) is 6.92 Å². The second kappa shape index (κ2) is 12.3. The van der Waals surface area contributed by atoms with Crippen molar-refractivity contribution in [1.29, 1.82) is 0 Å². The monoisotopic (exact) mass is 160 g/mol. The van der Waals surface area contributed by atoms with Gasteiger partial charge in [-0.3, -0.25) is 0 Å². The molecular weight excluding hydrogens is 140 g/mol. The maximum absolute atomic E-state index is 9.46. The lowest BCUT2D eigenvalue weighted by atomic mass is 10.3. The molecule has 0 aliphatic rings. The Kier molecular flexibility index (Phi) is 14.8. The molecule has 0 heterocycles. The van der Waals surface area contributed by atoms with Crippen LogP contribution in [0.3, 0.4) is 0 Å². The van der Waals surface area contributed by atoms with E-state index in [9.17, 15) is 4.79 Å². The summed E-state index contributed by atoms with van der Waals surface area (Å²) in [5.41, 5.74) is 0. The Labute approximate surface area is 69.6 Å². The number of aldehydes is 1. The van der Waals surface area contributed by atoms with Crippen molar-refractivity contribution in [2.24, 2.45) is 0 Å². The number of aliphatic hydroxyl groups is 1. The number of hydrogen-bond donors (Lipinski definition) is 1. The van der Waals surface area contributed by atoms with Crippen LogP contribution in [0.25, 0.3) is 0 Å². The smallest absolute Gasteiger partial charge is 0.122 e. The lowest BCUT2D eigenvalue weighted by molar-refractivity contribution is -0.109. The van der Waals surface area contributed by atoms with Crippen LogP contribution < -0.4 is 0 Å². The first-order valence-corrected chi connectivity index (χ1v) is 4.30. The molecule has 0 aromatic heterocycles. The molecule has 0 aromatic rings. The van der Waals surface area contributed by atoms with Crippen molar-refractivity contribution in [3.8, 4) is 0 Å². The van der Waals surface area contributed by atoms with Gasteiger partial charge in [0.2, 0.25) is 0 Å². The van der Waals surface area contributed by atoms with Crippen LogP contribution in [0, 0.1) is 0 Å². The van der Waals surface area contributed by atoms with Gasteiger partial charge in [-0.15, -0.1) is 0 Å². The van der Waals surface area contributed by atoms with E-state index in [-0.39, 0.29) is 6.42 Å². The van der Waals surface area contributed by atoms with E-state index < -0.39 is 6.10 Å². The molecule has 0 spiro atoms. The lowest BCUT2D eigenvalue weighted by Crippen LogP contribution is -1.97. The van der Waals surface area contributed by atoms with Gasteiger partial charge < -0.3 is 9.90 Å². The molecule has 11 heavy (non-hydrogen) atoms. The normalized spacial score (nSPS) is 11.3. The molecule has 1 unspecified atom stereocenters. The fourth-order valence-electron chi connectivity index (χ4n) is 0.493. The standard InChI is InChI=1S/C5H12.C4H8O2/c1-3-5-4-2;1-4(6)2-3-5/h3-5H2,1-2H3;3-4,6H,2H2,1H3. The van der Waals surface area contributed by atoms with Gasteiger partial charge in [0.05, 0.1) is 6.10 Å². The van der Waals surface area contributed by atoms with Gasteiger partial charge >= 0.3 is 0 Å². The number of aliphatic hydroxyl groups excluding tert-OH is 1. The van der Waals surface area contributed by atoms with Gasteiger partial charge in [0.15, 0.2) is 0 Å². The van der Waals surface area contributed by atoms with E-state index in [0.29, 0.717) is 6.29 Å². The first kappa shape index (κ1) is 13.2. The summed E-state index contributed by atoms with van der Waals surface area (Å²) in [6.07, 6.45) is 4.56. The zero-order valence-electron chi connectivity index (χ0n) is 7.84. The second-order valence-corrected chi connectivity index (χ2v) is 2.60. The fraction of sp³-hybridized carbons (Fsp3) is 0.889. The summed E-state index contributed by atoms with van der Waals surface area (Å²) < 4.78 is 0. The van der Waals surface area contributed by atoms with E-state index >= 15 is 0 Å². The predicted molar refractivity (Wildman–Crippen MR) is 47.6 cm³/mol.